The highest BCUT2D eigenvalue weighted by atomic mass is 32.2. The fourth-order valence-electron chi connectivity index (χ4n) is 4.14. The summed E-state index contributed by atoms with van der Waals surface area (Å²) in [6.07, 6.45) is 5.93. The highest BCUT2D eigenvalue weighted by Gasteiger charge is 2.22. The number of nitrogens with zero attached hydrogens (tertiary/aromatic N) is 2. The molecule has 1 amide bonds. The first-order chi connectivity index (χ1) is 14.9. The van der Waals surface area contributed by atoms with Crippen molar-refractivity contribution >= 4 is 21.6 Å². The molecule has 0 aromatic heterocycles. The monoisotopic (exact) mass is 443 g/mol. The van der Waals surface area contributed by atoms with Crippen LogP contribution in [0.1, 0.15) is 49.4 Å². The van der Waals surface area contributed by atoms with Crippen LogP contribution in [0.15, 0.2) is 59.5 Å². The lowest BCUT2D eigenvalue weighted by molar-refractivity contribution is 0.0947. The number of amides is 1. The van der Waals surface area contributed by atoms with Crippen LogP contribution in [0, 0.1) is 0 Å². The number of hydrogen-bond acceptors (Lipinski definition) is 4. The van der Waals surface area contributed by atoms with Gasteiger partial charge in [-0.15, -0.1) is 0 Å². The molecular formula is C24H33N3O3S. The molecule has 168 valence electrons. The SMILES string of the molecule is CC[C@H]1CCCCN1CCCNC(=O)c1cccc(N(C)S(=O)(=O)c2ccccc2)c1. The molecule has 1 atom stereocenters. The lowest BCUT2D eigenvalue weighted by Gasteiger charge is -2.35. The van der Waals surface area contributed by atoms with E-state index in [9.17, 15) is 13.2 Å². The highest BCUT2D eigenvalue weighted by Crippen LogP contribution is 2.23. The fraction of sp³-hybridized carbons (Fsp3) is 0.458. The molecule has 1 fully saturated rings. The van der Waals surface area contributed by atoms with E-state index in [1.165, 1.54) is 37.0 Å². The number of anilines is 1. The number of nitrogens with one attached hydrogen (secondary N) is 1. The van der Waals surface area contributed by atoms with E-state index < -0.39 is 10.0 Å². The van der Waals surface area contributed by atoms with E-state index in [0.29, 0.717) is 23.8 Å². The van der Waals surface area contributed by atoms with Gasteiger partial charge in [-0.3, -0.25) is 9.10 Å². The van der Waals surface area contributed by atoms with Crippen molar-refractivity contribution < 1.29 is 13.2 Å². The van der Waals surface area contributed by atoms with Gasteiger partial charge in [0.2, 0.25) is 0 Å². The standard InChI is InChI=1S/C24H33N3O3S/c1-3-21-12-7-8-17-27(21)18-10-16-25-24(28)20-11-9-13-22(19-20)26(2)31(29,30)23-14-5-4-6-15-23/h4-6,9,11,13-15,19,21H,3,7-8,10,12,16-18H2,1-2H3,(H,25,28)/t21-/m0/s1. The van der Waals surface area contributed by atoms with Crippen LogP contribution in [0.2, 0.25) is 0 Å². The third-order valence-corrected chi connectivity index (χ3v) is 7.80. The Labute approximate surface area is 186 Å². The first kappa shape index (κ1) is 23.3. The average Bonchev–Trinajstić information content (AvgIpc) is 2.82. The summed E-state index contributed by atoms with van der Waals surface area (Å²) < 4.78 is 26.9. The molecule has 7 heteroatoms. The van der Waals surface area contributed by atoms with Gasteiger partial charge in [0.1, 0.15) is 0 Å². The summed E-state index contributed by atoms with van der Waals surface area (Å²) in [5.41, 5.74) is 0.910. The first-order valence-electron chi connectivity index (χ1n) is 11.1. The molecule has 2 aromatic carbocycles. The molecule has 1 aliphatic rings. The topological polar surface area (TPSA) is 69.7 Å². The van der Waals surface area contributed by atoms with E-state index in [1.807, 2.05) is 0 Å². The van der Waals surface area contributed by atoms with Gasteiger partial charge in [-0.1, -0.05) is 37.6 Å². The van der Waals surface area contributed by atoms with Gasteiger partial charge in [-0.05, 0) is 62.6 Å². The molecule has 0 spiro atoms. The lowest BCUT2D eigenvalue weighted by atomic mass is 10.00. The van der Waals surface area contributed by atoms with Gasteiger partial charge in [0.05, 0.1) is 10.6 Å². The molecule has 0 radical (unpaired) electrons. The zero-order valence-electron chi connectivity index (χ0n) is 18.5. The Morgan fingerprint density at radius 1 is 1.13 bits per heavy atom. The van der Waals surface area contributed by atoms with Gasteiger partial charge < -0.3 is 10.2 Å². The summed E-state index contributed by atoms with van der Waals surface area (Å²) in [6.45, 7) is 4.99. The second kappa shape index (κ2) is 10.8. The van der Waals surface area contributed by atoms with Gasteiger partial charge in [0, 0.05) is 31.7 Å². The van der Waals surface area contributed by atoms with Crippen molar-refractivity contribution in [3.05, 3.63) is 60.2 Å². The highest BCUT2D eigenvalue weighted by molar-refractivity contribution is 7.92. The average molecular weight is 444 g/mol. The van der Waals surface area contributed by atoms with Gasteiger partial charge in [0.15, 0.2) is 0 Å². The Morgan fingerprint density at radius 2 is 1.90 bits per heavy atom. The number of sulfonamides is 1. The van der Waals surface area contributed by atoms with E-state index in [2.05, 4.69) is 17.1 Å². The van der Waals surface area contributed by atoms with Crippen molar-refractivity contribution in [3.63, 3.8) is 0 Å². The minimum atomic E-state index is -3.68. The van der Waals surface area contributed by atoms with Crippen LogP contribution in [-0.2, 0) is 10.0 Å². The molecule has 31 heavy (non-hydrogen) atoms. The number of likely N-dealkylation sites (tertiary alicyclic amines) is 1. The smallest absolute Gasteiger partial charge is 0.264 e. The minimum Gasteiger partial charge on any atom is -0.352 e. The van der Waals surface area contributed by atoms with Crippen LogP contribution < -0.4 is 9.62 Å². The summed E-state index contributed by atoms with van der Waals surface area (Å²) in [6, 6.07) is 15.7. The fourth-order valence-corrected chi connectivity index (χ4v) is 5.34. The largest absolute Gasteiger partial charge is 0.352 e. The summed E-state index contributed by atoms with van der Waals surface area (Å²) in [5, 5.41) is 2.97. The zero-order chi connectivity index (χ0) is 22.3. The molecule has 6 nitrogen and oxygen atoms in total. The molecule has 3 rings (SSSR count). The van der Waals surface area contributed by atoms with Crippen LogP contribution >= 0.6 is 0 Å². The predicted molar refractivity (Wildman–Crippen MR) is 125 cm³/mol. The van der Waals surface area contributed by atoms with Crippen molar-refractivity contribution in [1.82, 2.24) is 10.2 Å². The summed E-state index contributed by atoms with van der Waals surface area (Å²) >= 11 is 0. The van der Waals surface area contributed by atoms with E-state index in [0.717, 1.165) is 19.5 Å². The number of benzene rings is 2. The van der Waals surface area contributed by atoms with Crippen LogP contribution in [0.4, 0.5) is 5.69 Å². The third-order valence-electron chi connectivity index (χ3n) is 6.00. The van der Waals surface area contributed by atoms with Crippen LogP contribution in [0.3, 0.4) is 0 Å². The second-order valence-electron chi connectivity index (χ2n) is 8.04. The number of hydrogen-bond donors (Lipinski definition) is 1. The second-order valence-corrected chi connectivity index (χ2v) is 10.0. The van der Waals surface area contributed by atoms with Crippen molar-refractivity contribution in [1.29, 1.82) is 0 Å². The summed E-state index contributed by atoms with van der Waals surface area (Å²) in [7, 11) is -2.18. The maximum atomic E-state index is 12.8. The van der Waals surface area contributed by atoms with Crippen molar-refractivity contribution in [2.75, 3.05) is 31.0 Å². The minimum absolute atomic E-state index is 0.182. The number of rotatable bonds is 9. The van der Waals surface area contributed by atoms with E-state index in [-0.39, 0.29) is 10.8 Å². The molecular weight excluding hydrogens is 410 g/mol. The quantitative estimate of drug-likeness (QED) is 0.597. The van der Waals surface area contributed by atoms with Gasteiger partial charge in [0.25, 0.3) is 15.9 Å². The van der Waals surface area contributed by atoms with Crippen LogP contribution in [0.5, 0.6) is 0 Å². The van der Waals surface area contributed by atoms with Gasteiger partial charge >= 0.3 is 0 Å². The van der Waals surface area contributed by atoms with Crippen molar-refractivity contribution in [3.8, 4) is 0 Å². The maximum Gasteiger partial charge on any atom is 0.264 e. The predicted octanol–water partition coefficient (Wildman–Crippen LogP) is 3.90. The molecule has 1 heterocycles. The number of carbonyl (C=O) groups is 1. The summed E-state index contributed by atoms with van der Waals surface area (Å²) in [5.74, 6) is -0.182. The van der Waals surface area contributed by atoms with Crippen molar-refractivity contribution in [2.24, 2.45) is 0 Å². The number of piperidine rings is 1. The Bertz CT molecular complexity index is 963. The molecule has 1 saturated heterocycles. The van der Waals surface area contributed by atoms with Crippen LogP contribution in [-0.4, -0.2) is 51.9 Å². The van der Waals surface area contributed by atoms with E-state index in [4.69, 9.17) is 0 Å². The number of carbonyl (C=O) groups excluding carboxylic acids is 1. The van der Waals surface area contributed by atoms with Gasteiger partial charge in [-0.2, -0.15) is 0 Å². The molecule has 0 saturated carbocycles. The Morgan fingerprint density at radius 3 is 2.65 bits per heavy atom. The van der Waals surface area contributed by atoms with Gasteiger partial charge in [-0.25, -0.2) is 8.42 Å². The molecule has 0 unspecified atom stereocenters. The van der Waals surface area contributed by atoms with Crippen LogP contribution in [0.25, 0.3) is 0 Å². The Balaban J connectivity index is 1.57. The van der Waals surface area contributed by atoms with E-state index >= 15 is 0 Å². The molecule has 2 aromatic rings. The molecule has 1 aliphatic heterocycles. The first-order valence-corrected chi connectivity index (χ1v) is 12.5. The third kappa shape index (κ3) is 5.86. The summed E-state index contributed by atoms with van der Waals surface area (Å²) in [4.78, 5) is 15.4. The van der Waals surface area contributed by atoms with Crippen molar-refractivity contribution in [2.45, 2.75) is 50.0 Å². The molecule has 0 bridgehead atoms. The Kier molecular flexibility index (Phi) is 8.09. The Hall–Kier alpha value is -2.38. The van der Waals surface area contributed by atoms with E-state index in [1.54, 1.807) is 54.6 Å². The molecule has 0 aliphatic carbocycles. The maximum absolute atomic E-state index is 12.8. The normalized spacial score (nSPS) is 17.3. The lowest BCUT2D eigenvalue weighted by Crippen LogP contribution is -2.40. The zero-order valence-corrected chi connectivity index (χ0v) is 19.3. The molecule has 1 N–H and O–H groups in total.